The Bertz CT molecular complexity index is 876. The molecule has 0 aromatic carbocycles. The monoisotopic (exact) mass is 849 g/mol. The highest BCUT2D eigenvalue weighted by atomic mass is 31.2. The molecule has 0 bridgehead atoms. The summed E-state index contributed by atoms with van der Waals surface area (Å²) >= 11 is 0. The molecule has 0 aromatic rings. The molecular weight excluding hydrogens is 751 g/mol. The molecule has 0 spiro atoms. The van der Waals surface area contributed by atoms with E-state index in [2.05, 4.69) is 13.8 Å². The van der Waals surface area contributed by atoms with Crippen molar-refractivity contribution in [3.8, 4) is 0 Å². The predicted molar refractivity (Wildman–Crippen MR) is 242 cm³/mol. The lowest BCUT2D eigenvalue weighted by molar-refractivity contribution is -0.154. The first-order valence-corrected chi connectivity index (χ1v) is 26.5. The lowest BCUT2D eigenvalue weighted by atomic mass is 10.0. The minimum atomic E-state index is -4.51. The number of esters is 1. The van der Waals surface area contributed by atoms with Crippen molar-refractivity contribution in [1.82, 2.24) is 0 Å². The van der Waals surface area contributed by atoms with Gasteiger partial charge in [0.15, 0.2) is 0 Å². The Morgan fingerprint density at radius 3 is 1.12 bits per heavy atom. The van der Waals surface area contributed by atoms with Crippen LogP contribution in [0.15, 0.2) is 0 Å². The van der Waals surface area contributed by atoms with Crippen molar-refractivity contribution in [3.63, 3.8) is 0 Å². The van der Waals surface area contributed by atoms with Gasteiger partial charge in [0.1, 0.15) is 12.2 Å². The smallest absolute Gasteiger partial charge is 0.457 e. The number of unbranched alkanes of at least 4 members (excludes halogenated alkanes) is 35. The summed E-state index contributed by atoms with van der Waals surface area (Å²) in [5, 5.41) is 18.4. The van der Waals surface area contributed by atoms with Crippen LogP contribution in [-0.2, 0) is 27.9 Å². The van der Waals surface area contributed by atoms with Gasteiger partial charge in [0.2, 0.25) is 0 Å². The number of ether oxygens (including phenoxy) is 2. The molecule has 0 aromatic heterocycles. The predicted octanol–water partition coefficient (Wildman–Crippen LogP) is 14.3. The normalized spacial score (nSPS) is 13.8. The maximum absolute atomic E-state index is 12.7. The molecule has 0 saturated heterocycles. The van der Waals surface area contributed by atoms with Gasteiger partial charge in [0.05, 0.1) is 26.4 Å². The van der Waals surface area contributed by atoms with E-state index in [4.69, 9.17) is 23.6 Å². The molecule has 348 valence electrons. The fourth-order valence-electron chi connectivity index (χ4n) is 7.48. The molecule has 0 aliphatic heterocycles. The van der Waals surface area contributed by atoms with Gasteiger partial charge in [-0.15, -0.1) is 0 Å². The van der Waals surface area contributed by atoms with Crippen molar-refractivity contribution in [1.29, 1.82) is 0 Å². The fourth-order valence-corrected chi connectivity index (χ4v) is 8.27. The Morgan fingerprint density at radius 1 is 0.466 bits per heavy atom. The van der Waals surface area contributed by atoms with E-state index in [1.54, 1.807) is 0 Å². The molecule has 3 atom stereocenters. The van der Waals surface area contributed by atoms with Crippen LogP contribution < -0.4 is 0 Å². The van der Waals surface area contributed by atoms with Gasteiger partial charge in [-0.3, -0.25) is 13.8 Å². The van der Waals surface area contributed by atoms with E-state index in [-0.39, 0.29) is 25.6 Å². The highest BCUT2D eigenvalue weighted by molar-refractivity contribution is 7.47. The molecule has 3 N–H and O–H groups in total. The molecule has 58 heavy (non-hydrogen) atoms. The largest absolute Gasteiger partial charge is 0.472 e. The van der Waals surface area contributed by atoms with Crippen LogP contribution in [0.25, 0.3) is 0 Å². The van der Waals surface area contributed by atoms with Gasteiger partial charge in [-0.25, -0.2) is 4.57 Å². The van der Waals surface area contributed by atoms with Crippen molar-refractivity contribution in [2.75, 3.05) is 33.0 Å². The van der Waals surface area contributed by atoms with Crippen LogP contribution in [0.2, 0.25) is 0 Å². The van der Waals surface area contributed by atoms with Crippen LogP contribution in [-0.4, -0.2) is 66.3 Å². The van der Waals surface area contributed by atoms with E-state index in [1.807, 2.05) is 0 Å². The van der Waals surface area contributed by atoms with Crippen LogP contribution in [0, 0.1) is 0 Å². The number of phosphoric acid groups is 1. The van der Waals surface area contributed by atoms with E-state index in [0.29, 0.717) is 6.61 Å². The molecule has 3 unspecified atom stereocenters. The third-order valence-electron chi connectivity index (χ3n) is 11.3. The third-order valence-corrected chi connectivity index (χ3v) is 12.2. The Kier molecular flexibility index (Phi) is 45.5. The molecular formula is C48H97O9P. The first-order chi connectivity index (χ1) is 28.3. The van der Waals surface area contributed by atoms with Gasteiger partial charge < -0.3 is 24.6 Å². The summed E-state index contributed by atoms with van der Waals surface area (Å²) in [4.78, 5) is 22.7. The number of carbonyl (C=O) groups is 1. The quantitative estimate of drug-likeness (QED) is 0.0311. The number of phosphoric ester groups is 1. The standard InChI is InChI=1S/C48H97O9P/c1-3-5-7-9-11-13-15-17-19-20-21-22-23-24-25-26-27-28-30-32-34-36-38-40-48(51)57-47(45-56-58(52,53)55-43-46(50)42-49)44-54-41-39-37-35-33-31-29-18-16-14-12-10-8-6-4-2/h46-47,49-50H,3-45H2,1-2H3,(H,52,53). The molecule has 0 rings (SSSR count). The van der Waals surface area contributed by atoms with Crippen molar-refractivity contribution < 1.29 is 43.0 Å². The van der Waals surface area contributed by atoms with Gasteiger partial charge >= 0.3 is 13.8 Å². The lowest BCUT2D eigenvalue weighted by Gasteiger charge is -2.20. The summed E-state index contributed by atoms with van der Waals surface area (Å²) in [5.74, 6) is -0.374. The summed E-state index contributed by atoms with van der Waals surface area (Å²) in [6.07, 6.45) is 46.4. The van der Waals surface area contributed by atoms with Crippen molar-refractivity contribution in [2.45, 2.75) is 270 Å². The van der Waals surface area contributed by atoms with Gasteiger partial charge in [-0.05, 0) is 12.8 Å². The van der Waals surface area contributed by atoms with Gasteiger partial charge in [0, 0.05) is 13.0 Å². The second-order valence-electron chi connectivity index (χ2n) is 17.2. The third kappa shape index (κ3) is 45.0. The zero-order chi connectivity index (χ0) is 42.5. The minimum Gasteiger partial charge on any atom is -0.457 e. The molecule has 0 amide bonds. The molecule has 10 heteroatoms. The van der Waals surface area contributed by atoms with Crippen molar-refractivity contribution >= 4 is 13.8 Å². The first-order valence-electron chi connectivity index (χ1n) is 25.0. The van der Waals surface area contributed by atoms with Crippen LogP contribution in [0.5, 0.6) is 0 Å². The highest BCUT2D eigenvalue weighted by Gasteiger charge is 2.26. The van der Waals surface area contributed by atoms with E-state index >= 15 is 0 Å². The summed E-state index contributed by atoms with van der Waals surface area (Å²) in [7, 11) is -4.51. The molecule has 9 nitrogen and oxygen atoms in total. The zero-order valence-corrected chi connectivity index (χ0v) is 39.2. The molecule has 0 saturated carbocycles. The molecule has 0 aliphatic rings. The van der Waals surface area contributed by atoms with E-state index < -0.39 is 33.2 Å². The van der Waals surface area contributed by atoms with Crippen molar-refractivity contribution in [3.05, 3.63) is 0 Å². The van der Waals surface area contributed by atoms with Crippen LogP contribution in [0.1, 0.15) is 258 Å². The zero-order valence-electron chi connectivity index (χ0n) is 38.3. The Hall–Kier alpha value is -0.540. The van der Waals surface area contributed by atoms with E-state index in [1.165, 1.54) is 205 Å². The van der Waals surface area contributed by atoms with Gasteiger partial charge in [-0.1, -0.05) is 239 Å². The number of rotatable bonds is 49. The highest BCUT2D eigenvalue weighted by Crippen LogP contribution is 2.43. The number of aliphatic hydroxyl groups is 2. The van der Waals surface area contributed by atoms with Gasteiger partial charge in [0.25, 0.3) is 0 Å². The Labute approximate surface area is 358 Å². The lowest BCUT2D eigenvalue weighted by Crippen LogP contribution is -2.29. The maximum atomic E-state index is 12.7. The number of aliphatic hydroxyl groups excluding tert-OH is 2. The average molecular weight is 849 g/mol. The average Bonchev–Trinajstić information content (AvgIpc) is 3.21. The van der Waals surface area contributed by atoms with E-state index in [9.17, 15) is 19.4 Å². The molecule has 0 radical (unpaired) electrons. The van der Waals surface area contributed by atoms with Gasteiger partial charge in [-0.2, -0.15) is 0 Å². The number of carbonyl (C=O) groups excluding carboxylic acids is 1. The van der Waals surface area contributed by atoms with E-state index in [0.717, 1.165) is 32.1 Å². The SMILES string of the molecule is CCCCCCCCCCCCCCCCCCCCCCCCCC(=O)OC(COCCCCCCCCCCCCCCCC)COP(=O)(O)OCC(O)CO. The summed E-state index contributed by atoms with van der Waals surface area (Å²) in [5.41, 5.74) is 0. The molecule has 0 heterocycles. The fraction of sp³-hybridized carbons (Fsp3) is 0.979. The summed E-state index contributed by atoms with van der Waals surface area (Å²) in [6.45, 7) is 3.60. The minimum absolute atomic E-state index is 0.0584. The van der Waals surface area contributed by atoms with Crippen LogP contribution in [0.3, 0.4) is 0 Å². The second kappa shape index (κ2) is 46.0. The summed E-state index contributed by atoms with van der Waals surface area (Å²) in [6, 6.07) is 0. The Morgan fingerprint density at radius 2 is 0.776 bits per heavy atom. The first kappa shape index (κ1) is 57.5. The number of hydrogen-bond donors (Lipinski definition) is 3. The maximum Gasteiger partial charge on any atom is 0.472 e. The van der Waals surface area contributed by atoms with Crippen molar-refractivity contribution in [2.24, 2.45) is 0 Å². The summed E-state index contributed by atoms with van der Waals surface area (Å²) < 4.78 is 33.5. The van der Waals surface area contributed by atoms with Crippen LogP contribution in [0.4, 0.5) is 0 Å². The molecule has 0 fully saturated rings. The molecule has 0 aliphatic carbocycles. The topological polar surface area (TPSA) is 132 Å². The second-order valence-corrected chi connectivity index (χ2v) is 18.7. The Balaban J connectivity index is 3.99. The number of hydrogen-bond acceptors (Lipinski definition) is 8. The van der Waals surface area contributed by atoms with Crippen LogP contribution >= 0.6 is 7.82 Å².